The van der Waals surface area contributed by atoms with Gasteiger partial charge in [-0.3, -0.25) is 0 Å². The van der Waals surface area contributed by atoms with E-state index in [0.29, 0.717) is 0 Å². The van der Waals surface area contributed by atoms with Crippen molar-refractivity contribution in [3.8, 4) is 0 Å². The molecule has 0 saturated heterocycles. The Morgan fingerprint density at radius 1 is 1.05 bits per heavy atom. The Labute approximate surface area is 132 Å². The summed E-state index contributed by atoms with van der Waals surface area (Å²) in [6.07, 6.45) is 1.75. The number of carbonyl (C=O) groups excluding carboxylic acids is 1. The Kier molecular flexibility index (Phi) is 5.59. The van der Waals surface area contributed by atoms with Crippen molar-refractivity contribution in [1.82, 2.24) is 5.32 Å². The zero-order valence-corrected chi connectivity index (χ0v) is 13.5. The van der Waals surface area contributed by atoms with Crippen molar-refractivity contribution in [1.29, 1.82) is 0 Å². The predicted molar refractivity (Wildman–Crippen MR) is 92.2 cm³/mol. The third-order valence-electron chi connectivity index (χ3n) is 3.84. The molecule has 0 spiro atoms. The fourth-order valence-corrected chi connectivity index (χ4v) is 2.49. The fraction of sp³-hybridized carbons (Fsp3) is 0.316. The lowest BCUT2D eigenvalue weighted by Gasteiger charge is -2.19. The van der Waals surface area contributed by atoms with Crippen LogP contribution in [0, 0.1) is 6.92 Å². The van der Waals surface area contributed by atoms with Crippen LogP contribution in [0.4, 0.5) is 10.5 Å². The first-order valence-electron chi connectivity index (χ1n) is 7.86. The molecule has 0 aliphatic heterocycles. The van der Waals surface area contributed by atoms with Gasteiger partial charge in [-0.1, -0.05) is 61.9 Å². The van der Waals surface area contributed by atoms with Crippen LogP contribution in [0.25, 0.3) is 0 Å². The van der Waals surface area contributed by atoms with Crippen molar-refractivity contribution in [2.24, 2.45) is 0 Å². The highest BCUT2D eigenvalue weighted by molar-refractivity contribution is 5.90. The van der Waals surface area contributed by atoms with Crippen molar-refractivity contribution in [3.05, 3.63) is 65.2 Å². The molecule has 2 aromatic carbocycles. The van der Waals surface area contributed by atoms with Crippen molar-refractivity contribution in [3.63, 3.8) is 0 Å². The Morgan fingerprint density at radius 3 is 2.36 bits per heavy atom. The van der Waals surface area contributed by atoms with Crippen LogP contribution in [0.5, 0.6) is 0 Å². The van der Waals surface area contributed by atoms with Crippen molar-refractivity contribution < 1.29 is 4.79 Å². The highest BCUT2D eigenvalue weighted by Gasteiger charge is 2.13. The second-order valence-corrected chi connectivity index (χ2v) is 5.48. The molecule has 2 amide bonds. The lowest BCUT2D eigenvalue weighted by atomic mass is 10.0. The summed E-state index contributed by atoms with van der Waals surface area (Å²) >= 11 is 0. The monoisotopic (exact) mass is 296 g/mol. The summed E-state index contributed by atoms with van der Waals surface area (Å²) in [7, 11) is 0. The third-order valence-corrected chi connectivity index (χ3v) is 3.84. The summed E-state index contributed by atoms with van der Waals surface area (Å²) in [5, 5.41) is 6.01. The van der Waals surface area contributed by atoms with Crippen molar-refractivity contribution >= 4 is 11.7 Å². The van der Waals surface area contributed by atoms with Gasteiger partial charge in [-0.05, 0) is 37.0 Å². The highest BCUT2D eigenvalue weighted by Crippen LogP contribution is 2.19. The standard InChI is InChI=1S/C19H24N2O/c1-4-15-8-6-7-9-18(15)21-19(22)20-17(5-2)16-12-10-14(3)11-13-16/h6-13,17H,4-5H2,1-3H3,(H2,20,21,22)/t17-/m1/s1. The van der Waals surface area contributed by atoms with Crippen LogP contribution in [0.15, 0.2) is 48.5 Å². The van der Waals surface area contributed by atoms with E-state index in [1.165, 1.54) is 5.56 Å². The lowest BCUT2D eigenvalue weighted by Crippen LogP contribution is -2.32. The number of nitrogens with one attached hydrogen (secondary N) is 2. The van der Waals surface area contributed by atoms with Crippen LogP contribution in [-0.4, -0.2) is 6.03 Å². The number of rotatable bonds is 5. The molecular formula is C19H24N2O. The van der Waals surface area contributed by atoms with Gasteiger partial charge in [-0.25, -0.2) is 4.79 Å². The van der Waals surface area contributed by atoms with E-state index in [1.54, 1.807) is 0 Å². The molecule has 3 nitrogen and oxygen atoms in total. The van der Waals surface area contributed by atoms with E-state index in [9.17, 15) is 4.79 Å². The molecular weight excluding hydrogens is 272 g/mol. The van der Waals surface area contributed by atoms with Gasteiger partial charge in [0.2, 0.25) is 0 Å². The zero-order valence-electron chi connectivity index (χ0n) is 13.5. The van der Waals surface area contributed by atoms with Gasteiger partial charge >= 0.3 is 6.03 Å². The van der Waals surface area contributed by atoms with Crippen LogP contribution in [0.2, 0.25) is 0 Å². The van der Waals surface area contributed by atoms with Gasteiger partial charge in [0.05, 0.1) is 6.04 Å². The highest BCUT2D eigenvalue weighted by atomic mass is 16.2. The molecule has 0 unspecified atom stereocenters. The maximum atomic E-state index is 12.3. The number of benzene rings is 2. The molecule has 0 bridgehead atoms. The summed E-state index contributed by atoms with van der Waals surface area (Å²) in [6.45, 7) is 6.22. The van der Waals surface area contributed by atoms with Crippen LogP contribution in [0.1, 0.15) is 43.0 Å². The number of amides is 2. The van der Waals surface area contributed by atoms with Crippen LogP contribution < -0.4 is 10.6 Å². The predicted octanol–water partition coefficient (Wildman–Crippen LogP) is 4.83. The molecule has 116 valence electrons. The molecule has 0 radical (unpaired) electrons. The number of anilines is 1. The molecule has 22 heavy (non-hydrogen) atoms. The minimum absolute atomic E-state index is 0.0226. The van der Waals surface area contributed by atoms with E-state index < -0.39 is 0 Å². The molecule has 0 heterocycles. The SMILES string of the molecule is CCc1ccccc1NC(=O)N[C@H](CC)c1ccc(C)cc1. The van der Waals surface area contributed by atoms with E-state index in [4.69, 9.17) is 0 Å². The van der Waals surface area contributed by atoms with Gasteiger partial charge in [0.1, 0.15) is 0 Å². The average molecular weight is 296 g/mol. The van der Waals surface area contributed by atoms with E-state index in [0.717, 1.165) is 29.7 Å². The number of carbonyl (C=O) groups is 1. The minimum Gasteiger partial charge on any atom is -0.331 e. The summed E-state index contributed by atoms with van der Waals surface area (Å²) in [5.74, 6) is 0. The molecule has 0 aromatic heterocycles. The number of aryl methyl sites for hydroxylation is 2. The van der Waals surface area contributed by atoms with Gasteiger partial charge < -0.3 is 10.6 Å². The first-order valence-corrected chi connectivity index (χ1v) is 7.86. The van der Waals surface area contributed by atoms with Crippen LogP contribution >= 0.6 is 0 Å². The second-order valence-electron chi connectivity index (χ2n) is 5.48. The summed E-state index contributed by atoms with van der Waals surface area (Å²) in [6, 6.07) is 16.1. The minimum atomic E-state index is -0.159. The molecule has 1 atom stereocenters. The lowest BCUT2D eigenvalue weighted by molar-refractivity contribution is 0.248. The van der Waals surface area contributed by atoms with Crippen molar-refractivity contribution in [2.45, 2.75) is 39.7 Å². The second kappa shape index (κ2) is 7.64. The Morgan fingerprint density at radius 2 is 1.73 bits per heavy atom. The largest absolute Gasteiger partial charge is 0.331 e. The van der Waals surface area contributed by atoms with E-state index >= 15 is 0 Å². The number of hydrogen-bond acceptors (Lipinski definition) is 1. The number of urea groups is 1. The summed E-state index contributed by atoms with van der Waals surface area (Å²) in [4.78, 5) is 12.3. The van der Waals surface area contributed by atoms with Gasteiger partial charge in [0, 0.05) is 5.69 Å². The van der Waals surface area contributed by atoms with Gasteiger partial charge in [0.15, 0.2) is 0 Å². The number of para-hydroxylation sites is 1. The molecule has 0 aliphatic rings. The Bertz CT molecular complexity index is 620. The first-order chi connectivity index (χ1) is 10.6. The summed E-state index contributed by atoms with van der Waals surface area (Å²) < 4.78 is 0. The van der Waals surface area contributed by atoms with E-state index in [-0.39, 0.29) is 12.1 Å². The molecule has 2 rings (SSSR count). The van der Waals surface area contributed by atoms with Gasteiger partial charge in [-0.15, -0.1) is 0 Å². The first kappa shape index (κ1) is 16.1. The molecule has 0 aliphatic carbocycles. The van der Waals surface area contributed by atoms with Crippen LogP contribution in [0.3, 0.4) is 0 Å². The summed E-state index contributed by atoms with van der Waals surface area (Å²) in [5.41, 5.74) is 4.37. The molecule has 0 saturated carbocycles. The maximum Gasteiger partial charge on any atom is 0.319 e. The number of hydrogen-bond donors (Lipinski definition) is 2. The topological polar surface area (TPSA) is 41.1 Å². The smallest absolute Gasteiger partial charge is 0.319 e. The third kappa shape index (κ3) is 4.10. The zero-order chi connectivity index (χ0) is 15.9. The van der Waals surface area contributed by atoms with Gasteiger partial charge in [-0.2, -0.15) is 0 Å². The normalized spacial score (nSPS) is 11.8. The molecule has 2 N–H and O–H groups in total. The fourth-order valence-electron chi connectivity index (χ4n) is 2.49. The molecule has 0 fully saturated rings. The van der Waals surface area contributed by atoms with E-state index in [1.807, 2.05) is 24.3 Å². The molecule has 2 aromatic rings. The van der Waals surface area contributed by atoms with Gasteiger partial charge in [0.25, 0.3) is 0 Å². The quantitative estimate of drug-likeness (QED) is 0.815. The Balaban J connectivity index is 2.05. The van der Waals surface area contributed by atoms with E-state index in [2.05, 4.69) is 55.7 Å². The molecule has 3 heteroatoms. The van der Waals surface area contributed by atoms with Crippen LogP contribution in [-0.2, 0) is 6.42 Å². The maximum absolute atomic E-state index is 12.3. The average Bonchev–Trinajstić information content (AvgIpc) is 2.54. The Hall–Kier alpha value is -2.29. The van der Waals surface area contributed by atoms with Crippen molar-refractivity contribution in [2.75, 3.05) is 5.32 Å².